The molecule has 2 aromatic rings. The van der Waals surface area contributed by atoms with Crippen LogP contribution < -0.4 is 10.3 Å². The Bertz CT molecular complexity index is 690. The molecule has 1 aromatic heterocycles. The van der Waals surface area contributed by atoms with Crippen molar-refractivity contribution in [2.24, 2.45) is 5.10 Å². The summed E-state index contributed by atoms with van der Waals surface area (Å²) >= 11 is 0. The molecule has 3 rings (SSSR count). The highest BCUT2D eigenvalue weighted by Gasteiger charge is 2.14. The van der Waals surface area contributed by atoms with E-state index in [1.54, 1.807) is 6.20 Å². The maximum Gasteiger partial charge on any atom is 0.251 e. The van der Waals surface area contributed by atoms with Gasteiger partial charge >= 0.3 is 0 Å². The molecule has 1 amide bonds. The van der Waals surface area contributed by atoms with Crippen LogP contribution in [-0.2, 0) is 6.54 Å². The molecule has 6 nitrogen and oxygen atoms in total. The molecule has 6 heteroatoms. The fourth-order valence-electron chi connectivity index (χ4n) is 2.59. The summed E-state index contributed by atoms with van der Waals surface area (Å²) in [6.07, 6.45) is 4.61. The molecule has 1 atom stereocenters. The summed E-state index contributed by atoms with van der Waals surface area (Å²) in [6.45, 7) is 5.55. The Morgan fingerprint density at radius 3 is 2.74 bits per heavy atom. The highest BCUT2D eigenvalue weighted by molar-refractivity contribution is 5.94. The Hall–Kier alpha value is -2.63. The van der Waals surface area contributed by atoms with Crippen LogP contribution in [0.25, 0.3) is 0 Å². The maximum absolute atomic E-state index is 12.3. The summed E-state index contributed by atoms with van der Waals surface area (Å²) < 4.78 is 1.81. The second-order valence-corrected chi connectivity index (χ2v) is 5.86. The molecule has 0 spiro atoms. The second kappa shape index (κ2) is 6.64. The number of hydrogen-bond donors (Lipinski definition) is 1. The smallest absolute Gasteiger partial charge is 0.251 e. The average molecular weight is 311 g/mol. The first-order valence-corrected chi connectivity index (χ1v) is 7.82. The van der Waals surface area contributed by atoms with E-state index >= 15 is 0 Å². The van der Waals surface area contributed by atoms with Crippen molar-refractivity contribution in [3.8, 4) is 0 Å². The van der Waals surface area contributed by atoms with Crippen molar-refractivity contribution < 1.29 is 4.79 Å². The molecule has 0 radical (unpaired) electrons. The lowest BCUT2D eigenvalue weighted by Crippen LogP contribution is -2.35. The molecular formula is C17H21N5O. The van der Waals surface area contributed by atoms with Gasteiger partial charge in [-0.3, -0.25) is 14.5 Å². The van der Waals surface area contributed by atoms with Gasteiger partial charge < -0.3 is 5.32 Å². The third-order valence-electron chi connectivity index (χ3n) is 3.80. The highest BCUT2D eigenvalue weighted by Crippen LogP contribution is 2.19. The number of hydrazone groups is 1. The van der Waals surface area contributed by atoms with E-state index in [-0.39, 0.29) is 11.9 Å². The molecule has 120 valence electrons. The van der Waals surface area contributed by atoms with Gasteiger partial charge in [0.15, 0.2) is 0 Å². The average Bonchev–Trinajstić information content (AvgIpc) is 3.19. The lowest BCUT2D eigenvalue weighted by molar-refractivity contribution is 0.0936. The van der Waals surface area contributed by atoms with E-state index in [0.717, 1.165) is 24.4 Å². The SMILES string of the molecule is CC1=NN(c2ccc(C(=O)N[C@@H](C)Cn3cccn3)cc2)CC1. The zero-order chi connectivity index (χ0) is 16.2. The van der Waals surface area contributed by atoms with Gasteiger partial charge in [0.1, 0.15) is 0 Å². The molecule has 1 aliphatic rings. The van der Waals surface area contributed by atoms with Gasteiger partial charge in [-0.1, -0.05) is 0 Å². The van der Waals surface area contributed by atoms with Crippen LogP contribution in [0.1, 0.15) is 30.6 Å². The number of benzene rings is 1. The predicted molar refractivity (Wildman–Crippen MR) is 90.7 cm³/mol. The van der Waals surface area contributed by atoms with Crippen molar-refractivity contribution >= 4 is 17.3 Å². The van der Waals surface area contributed by atoms with E-state index in [1.807, 2.05) is 60.1 Å². The molecule has 1 N–H and O–H groups in total. The molecule has 1 aliphatic heterocycles. The fourth-order valence-corrected chi connectivity index (χ4v) is 2.59. The number of amides is 1. The summed E-state index contributed by atoms with van der Waals surface area (Å²) in [5, 5.41) is 13.6. The Labute approximate surface area is 135 Å². The number of anilines is 1. The molecular weight excluding hydrogens is 290 g/mol. The van der Waals surface area contributed by atoms with Crippen molar-refractivity contribution in [1.82, 2.24) is 15.1 Å². The standard InChI is InChI=1S/C17H21N5O/c1-13-8-11-22(20-13)16-6-4-15(5-7-16)17(23)19-14(2)12-21-10-3-9-18-21/h3-7,9-10,14H,8,11-12H2,1-2H3,(H,19,23)/t14-/m0/s1. The van der Waals surface area contributed by atoms with Crippen LogP contribution in [-0.4, -0.2) is 34.0 Å². The van der Waals surface area contributed by atoms with Crippen molar-refractivity contribution in [3.63, 3.8) is 0 Å². The number of aromatic nitrogens is 2. The zero-order valence-corrected chi connectivity index (χ0v) is 13.4. The third kappa shape index (κ3) is 3.77. The first-order chi connectivity index (χ1) is 11.1. The van der Waals surface area contributed by atoms with Crippen LogP contribution in [0.15, 0.2) is 47.8 Å². The van der Waals surface area contributed by atoms with Gasteiger partial charge in [-0.15, -0.1) is 0 Å². The zero-order valence-electron chi connectivity index (χ0n) is 13.4. The molecule has 2 heterocycles. The van der Waals surface area contributed by atoms with Gasteiger partial charge in [0.2, 0.25) is 0 Å². The van der Waals surface area contributed by atoms with Gasteiger partial charge in [-0.2, -0.15) is 10.2 Å². The molecule has 1 aromatic carbocycles. The molecule has 0 unspecified atom stereocenters. The molecule has 0 saturated heterocycles. The van der Waals surface area contributed by atoms with Crippen LogP contribution in [0.4, 0.5) is 5.69 Å². The number of carbonyl (C=O) groups is 1. The molecule has 0 saturated carbocycles. The fraction of sp³-hybridized carbons (Fsp3) is 0.353. The van der Waals surface area contributed by atoms with Gasteiger partial charge in [-0.25, -0.2) is 0 Å². The number of nitrogens with one attached hydrogen (secondary N) is 1. The summed E-state index contributed by atoms with van der Waals surface area (Å²) in [7, 11) is 0. The monoisotopic (exact) mass is 311 g/mol. The summed E-state index contributed by atoms with van der Waals surface area (Å²) in [5.41, 5.74) is 2.81. The number of rotatable bonds is 5. The van der Waals surface area contributed by atoms with E-state index in [9.17, 15) is 4.79 Å². The van der Waals surface area contributed by atoms with Crippen LogP contribution in [0.2, 0.25) is 0 Å². The number of carbonyl (C=O) groups excluding carboxylic acids is 1. The second-order valence-electron chi connectivity index (χ2n) is 5.86. The summed E-state index contributed by atoms with van der Waals surface area (Å²) in [6, 6.07) is 9.44. The minimum Gasteiger partial charge on any atom is -0.348 e. The maximum atomic E-state index is 12.3. The minimum atomic E-state index is -0.0719. The first kappa shape index (κ1) is 15.3. The molecule has 0 fully saturated rings. The van der Waals surface area contributed by atoms with Crippen molar-refractivity contribution in [2.45, 2.75) is 32.9 Å². The molecule has 0 aliphatic carbocycles. The lowest BCUT2D eigenvalue weighted by Gasteiger charge is -2.16. The van der Waals surface area contributed by atoms with E-state index in [0.29, 0.717) is 12.1 Å². The van der Waals surface area contributed by atoms with Crippen LogP contribution in [0.3, 0.4) is 0 Å². The quantitative estimate of drug-likeness (QED) is 0.921. The molecule has 0 bridgehead atoms. The Morgan fingerprint density at radius 1 is 1.35 bits per heavy atom. The van der Waals surface area contributed by atoms with E-state index in [2.05, 4.69) is 15.5 Å². The van der Waals surface area contributed by atoms with Crippen LogP contribution >= 0.6 is 0 Å². The van der Waals surface area contributed by atoms with Crippen molar-refractivity contribution in [3.05, 3.63) is 48.3 Å². The van der Waals surface area contributed by atoms with Gasteiger partial charge in [0.05, 0.1) is 12.2 Å². The van der Waals surface area contributed by atoms with Gasteiger partial charge in [-0.05, 0) is 44.2 Å². The number of nitrogens with zero attached hydrogens (tertiary/aromatic N) is 4. The third-order valence-corrected chi connectivity index (χ3v) is 3.80. The van der Waals surface area contributed by atoms with E-state index < -0.39 is 0 Å². The van der Waals surface area contributed by atoms with Crippen LogP contribution in [0, 0.1) is 0 Å². The Balaban J connectivity index is 1.59. The minimum absolute atomic E-state index is 0.00732. The largest absolute Gasteiger partial charge is 0.348 e. The summed E-state index contributed by atoms with van der Waals surface area (Å²) in [5.74, 6) is -0.0719. The van der Waals surface area contributed by atoms with Crippen molar-refractivity contribution in [2.75, 3.05) is 11.6 Å². The lowest BCUT2D eigenvalue weighted by atomic mass is 10.1. The Kier molecular flexibility index (Phi) is 4.41. The van der Waals surface area contributed by atoms with Crippen LogP contribution in [0.5, 0.6) is 0 Å². The highest BCUT2D eigenvalue weighted by atomic mass is 16.1. The van der Waals surface area contributed by atoms with E-state index in [1.165, 1.54) is 0 Å². The summed E-state index contributed by atoms with van der Waals surface area (Å²) in [4.78, 5) is 12.3. The predicted octanol–water partition coefficient (Wildman–Crippen LogP) is 2.29. The normalized spacial score (nSPS) is 15.4. The topological polar surface area (TPSA) is 62.5 Å². The Morgan fingerprint density at radius 2 is 2.13 bits per heavy atom. The van der Waals surface area contributed by atoms with E-state index in [4.69, 9.17) is 0 Å². The number of hydrogen-bond acceptors (Lipinski definition) is 4. The van der Waals surface area contributed by atoms with Gasteiger partial charge in [0.25, 0.3) is 5.91 Å². The van der Waals surface area contributed by atoms with Gasteiger partial charge in [0, 0.05) is 42.7 Å². The van der Waals surface area contributed by atoms with Crippen molar-refractivity contribution in [1.29, 1.82) is 0 Å². The first-order valence-electron chi connectivity index (χ1n) is 7.82. The molecule has 23 heavy (non-hydrogen) atoms.